The van der Waals surface area contributed by atoms with Gasteiger partial charge in [0.05, 0.1) is 42.6 Å². The molecule has 6 N–H and O–H groups in total. The normalized spacial score (nSPS) is 29.1. The molecule has 0 aromatic heterocycles. The third-order valence-electron chi connectivity index (χ3n) is 14.4. The molecule has 0 radical (unpaired) electrons. The number of benzene rings is 2. The van der Waals surface area contributed by atoms with E-state index in [2.05, 4.69) is 5.32 Å². The summed E-state index contributed by atoms with van der Waals surface area (Å²) in [6.07, 6.45) is -13.3. The Morgan fingerprint density at radius 3 is 2.11 bits per heavy atom. The third kappa shape index (κ3) is 11.3. The Morgan fingerprint density at radius 2 is 1.53 bits per heavy atom. The Bertz CT molecular complexity index is 2490. The molecule has 2 saturated carbocycles. The first-order valence-electron chi connectivity index (χ1n) is 24.0. The van der Waals surface area contributed by atoms with Crippen molar-refractivity contribution in [3.05, 3.63) is 82.9 Å². The topological polar surface area (TPSA) is 318 Å². The van der Waals surface area contributed by atoms with Crippen molar-refractivity contribution in [1.29, 1.82) is 0 Å². The molecule has 3 aliphatic carbocycles. The van der Waals surface area contributed by atoms with Crippen LogP contribution in [-0.4, -0.2) is 156 Å². The van der Waals surface area contributed by atoms with Gasteiger partial charge in [0.1, 0.15) is 54.3 Å². The van der Waals surface area contributed by atoms with Crippen molar-refractivity contribution < 1.29 is 96.3 Å². The molecular weight excluding hydrogens is 973 g/mol. The van der Waals surface area contributed by atoms with E-state index in [0.29, 0.717) is 0 Å². The van der Waals surface area contributed by atoms with E-state index in [-0.39, 0.29) is 48.5 Å². The van der Waals surface area contributed by atoms with Gasteiger partial charge in [-0.25, -0.2) is 19.2 Å². The van der Waals surface area contributed by atoms with Gasteiger partial charge < -0.3 is 69.0 Å². The highest BCUT2D eigenvalue weighted by molar-refractivity contribution is 5.94. The molecule has 6 rings (SSSR count). The molecule has 0 spiro atoms. The summed E-state index contributed by atoms with van der Waals surface area (Å²) in [5.74, 6) is -9.29. The van der Waals surface area contributed by atoms with Crippen LogP contribution in [0.25, 0.3) is 0 Å². The number of amides is 1. The lowest BCUT2D eigenvalue weighted by Gasteiger charge is -2.67. The minimum atomic E-state index is -2.51. The van der Waals surface area contributed by atoms with Gasteiger partial charge in [0, 0.05) is 32.3 Å². The first kappa shape index (κ1) is 57.0. The average Bonchev–Trinajstić information content (AvgIpc) is 3.32. The lowest BCUT2D eigenvalue weighted by Crippen LogP contribution is -2.81. The zero-order chi connectivity index (χ0) is 54.7. The molecule has 2 bridgehead atoms. The lowest BCUT2D eigenvalue weighted by molar-refractivity contribution is -0.346. The Labute approximate surface area is 427 Å². The monoisotopic (exact) mass is 1040 g/mol. The summed E-state index contributed by atoms with van der Waals surface area (Å²) >= 11 is 0. The molecule has 12 atom stereocenters. The Kier molecular flexibility index (Phi) is 17.2. The van der Waals surface area contributed by atoms with Gasteiger partial charge in [-0.05, 0) is 63.5 Å². The van der Waals surface area contributed by atoms with Crippen molar-refractivity contribution in [2.24, 2.45) is 22.5 Å². The summed E-state index contributed by atoms with van der Waals surface area (Å²) < 4.78 is 50.5. The number of nitrogens with one attached hydrogen (secondary N) is 1. The van der Waals surface area contributed by atoms with E-state index in [1.54, 1.807) is 57.2 Å². The van der Waals surface area contributed by atoms with Gasteiger partial charge in [-0.15, -0.1) is 0 Å². The lowest BCUT2D eigenvalue weighted by atomic mass is 9.44. The SMILES string of the molecule is COCCOC(=O)[C@@H](N)CC(=O)OCC(=O)OC(C(=O)O[C@H]1C[C@@]2(O)[C@@H](OC(=O)c3ccccc3)[C@@H]3[C@]4(OC(C)=O)CO[C@@H]4C[C@H](O)[C@@]3(C)C(=O)[C@H](O)C(=C1C)C2(C)C)C(NC(=O)OC(C)(C)C)c1ccccc1. The number of methoxy groups -OCH3 is 1. The summed E-state index contributed by atoms with van der Waals surface area (Å²) in [6.45, 7) is 9.99. The van der Waals surface area contributed by atoms with Crippen LogP contribution in [0.15, 0.2) is 71.8 Å². The smallest absolute Gasteiger partial charge is 0.408 e. The van der Waals surface area contributed by atoms with Gasteiger partial charge in [-0.2, -0.15) is 0 Å². The number of esters is 6. The first-order chi connectivity index (χ1) is 34.6. The molecule has 4 aliphatic rings. The van der Waals surface area contributed by atoms with Crippen LogP contribution < -0.4 is 11.1 Å². The van der Waals surface area contributed by atoms with E-state index in [1.165, 1.54) is 59.1 Å². The number of carbonyl (C=O) groups is 8. The molecule has 1 aliphatic heterocycles. The van der Waals surface area contributed by atoms with E-state index in [1.807, 2.05) is 0 Å². The number of ether oxygens (including phenoxy) is 9. The second kappa shape index (κ2) is 22.3. The van der Waals surface area contributed by atoms with Gasteiger partial charge in [0.15, 0.2) is 18.0 Å². The van der Waals surface area contributed by atoms with Gasteiger partial charge >= 0.3 is 41.9 Å². The predicted molar refractivity (Wildman–Crippen MR) is 254 cm³/mol. The molecule has 2 aromatic carbocycles. The fourth-order valence-corrected chi connectivity index (χ4v) is 10.6. The van der Waals surface area contributed by atoms with E-state index < -0.39 is 149 Å². The standard InChI is InChI=1S/C52H66N2O20/c1-27-32(70-46(63)40(38(29-16-12-10-13-17-29)54-47(64)74-48(3,4)5)71-36(58)25-68-35(57)22-31(53)45(62)67-21-20-66-9)24-52(65)43(72-44(61)30-18-14-11-15-19-30)41-50(8,42(60)39(59)37(27)49(52,6)7)33(56)23-34-51(41,26-69-34)73-28(2)55/h10-19,31-34,38-41,43,56,59,65H,20-26,53H2,1-9H3,(H,54,64)/t31-,32-,33-,34+,38?,39+,40?,41-,43-,50+,51-,52+/m0/s1. The summed E-state index contributed by atoms with van der Waals surface area (Å²) in [4.78, 5) is 110. The molecule has 22 heteroatoms. The highest BCUT2D eigenvalue weighted by Gasteiger charge is 2.78. The van der Waals surface area contributed by atoms with Crippen LogP contribution in [0.2, 0.25) is 0 Å². The predicted octanol–water partition coefficient (Wildman–Crippen LogP) is 2.26. The van der Waals surface area contributed by atoms with Crippen molar-refractivity contribution in [2.45, 2.75) is 140 Å². The molecule has 1 heterocycles. The van der Waals surface area contributed by atoms with Crippen molar-refractivity contribution >= 4 is 47.7 Å². The molecule has 404 valence electrons. The Hall–Kier alpha value is -6.30. The van der Waals surface area contributed by atoms with Gasteiger partial charge in [0.25, 0.3) is 0 Å². The van der Waals surface area contributed by atoms with E-state index in [9.17, 15) is 44.1 Å². The second-order valence-corrected chi connectivity index (χ2v) is 20.7. The first-order valence-corrected chi connectivity index (χ1v) is 24.0. The zero-order valence-electron chi connectivity index (χ0n) is 42.8. The summed E-state index contributed by atoms with van der Waals surface area (Å²) in [6, 6.07) is 12.3. The summed E-state index contributed by atoms with van der Waals surface area (Å²) in [5.41, 5.74) is -3.48. The van der Waals surface area contributed by atoms with Crippen LogP contribution in [0.4, 0.5) is 4.79 Å². The quantitative estimate of drug-likeness (QED) is 0.0657. The number of nitrogens with two attached hydrogens (primary N) is 1. The largest absolute Gasteiger partial charge is 0.462 e. The van der Waals surface area contributed by atoms with Crippen molar-refractivity contribution in [2.75, 3.05) is 33.5 Å². The maximum Gasteiger partial charge on any atom is 0.408 e. The minimum Gasteiger partial charge on any atom is -0.462 e. The molecule has 1 amide bonds. The number of hydrogen-bond donors (Lipinski definition) is 5. The van der Waals surface area contributed by atoms with E-state index in [0.717, 1.165) is 6.92 Å². The molecule has 3 fully saturated rings. The fraction of sp³-hybridized carbons (Fsp3) is 0.577. The van der Waals surface area contributed by atoms with Crippen molar-refractivity contribution in [3.8, 4) is 0 Å². The number of alkyl carbamates (subject to hydrolysis) is 1. The van der Waals surface area contributed by atoms with Crippen LogP contribution in [-0.2, 0) is 71.4 Å². The third-order valence-corrected chi connectivity index (χ3v) is 14.4. The van der Waals surface area contributed by atoms with E-state index >= 15 is 9.59 Å². The number of fused-ring (bicyclic) bond motifs is 5. The number of aliphatic hydroxyl groups is 3. The molecule has 1 saturated heterocycles. The molecule has 74 heavy (non-hydrogen) atoms. The van der Waals surface area contributed by atoms with Crippen LogP contribution in [0, 0.1) is 16.7 Å². The molecule has 2 unspecified atom stereocenters. The van der Waals surface area contributed by atoms with Gasteiger partial charge in [-0.1, -0.05) is 62.4 Å². The van der Waals surface area contributed by atoms with Crippen LogP contribution in [0.3, 0.4) is 0 Å². The number of hydrogen-bond acceptors (Lipinski definition) is 21. The number of ketones is 1. The highest BCUT2D eigenvalue weighted by atomic mass is 16.6. The maximum absolute atomic E-state index is 15.2. The second-order valence-electron chi connectivity index (χ2n) is 20.7. The average molecular weight is 1040 g/mol. The Balaban J connectivity index is 1.44. The van der Waals surface area contributed by atoms with Gasteiger partial charge in [0.2, 0.25) is 6.10 Å². The van der Waals surface area contributed by atoms with Gasteiger partial charge in [-0.3, -0.25) is 19.2 Å². The number of Topliss-reactive ketones (excluding diaryl/α,β-unsaturated/α-hetero) is 1. The van der Waals surface area contributed by atoms with E-state index in [4.69, 9.17) is 48.4 Å². The van der Waals surface area contributed by atoms with Crippen LogP contribution >= 0.6 is 0 Å². The zero-order valence-corrected chi connectivity index (χ0v) is 42.8. The summed E-state index contributed by atoms with van der Waals surface area (Å²) in [7, 11) is 1.38. The van der Waals surface area contributed by atoms with Crippen molar-refractivity contribution in [1.82, 2.24) is 5.32 Å². The van der Waals surface area contributed by atoms with Crippen LogP contribution in [0.1, 0.15) is 96.6 Å². The fourth-order valence-electron chi connectivity index (χ4n) is 10.6. The molecular formula is C52H66N2O20. The summed E-state index contributed by atoms with van der Waals surface area (Å²) in [5, 5.41) is 40.7. The number of rotatable bonds is 17. The minimum absolute atomic E-state index is 0.0112. The number of carbonyl (C=O) groups excluding carboxylic acids is 8. The number of aliphatic hydroxyl groups excluding tert-OH is 2. The Morgan fingerprint density at radius 1 is 0.892 bits per heavy atom. The van der Waals surface area contributed by atoms with Crippen LogP contribution in [0.5, 0.6) is 0 Å². The molecule has 22 nitrogen and oxygen atoms in total. The molecule has 2 aromatic rings. The highest BCUT2D eigenvalue weighted by Crippen LogP contribution is 2.64. The maximum atomic E-state index is 15.2. The van der Waals surface area contributed by atoms with Crippen molar-refractivity contribution in [3.63, 3.8) is 0 Å².